The van der Waals surface area contributed by atoms with E-state index in [9.17, 15) is 17.6 Å². The molecular formula is C13H17F4NO. The molecule has 0 aliphatic carbocycles. The van der Waals surface area contributed by atoms with E-state index in [-0.39, 0.29) is 12.2 Å². The van der Waals surface area contributed by atoms with Crippen LogP contribution in [0.4, 0.5) is 17.6 Å². The van der Waals surface area contributed by atoms with Gasteiger partial charge in [-0.1, -0.05) is 0 Å². The highest BCUT2D eigenvalue weighted by atomic mass is 19.4. The number of ether oxygens (including phenoxy) is 1. The minimum atomic E-state index is -4.62. The highest BCUT2D eigenvalue weighted by molar-refractivity contribution is 5.40. The van der Waals surface area contributed by atoms with Gasteiger partial charge >= 0.3 is 6.18 Å². The average Bonchev–Trinajstić information content (AvgIpc) is 2.24. The number of hydrogen-bond acceptors (Lipinski definition) is 2. The minimum Gasteiger partial charge on any atom is -0.490 e. The van der Waals surface area contributed by atoms with Crippen molar-refractivity contribution in [2.45, 2.75) is 19.5 Å². The van der Waals surface area contributed by atoms with Crippen LogP contribution in [0.5, 0.6) is 5.75 Å². The van der Waals surface area contributed by atoms with Crippen molar-refractivity contribution < 1.29 is 22.3 Å². The fraction of sp³-hybridized carbons (Fsp3) is 0.538. The summed E-state index contributed by atoms with van der Waals surface area (Å²) < 4.78 is 56.9. The molecule has 108 valence electrons. The van der Waals surface area contributed by atoms with E-state index in [1.54, 1.807) is 0 Å². The highest BCUT2D eigenvalue weighted by Crippen LogP contribution is 2.38. The quantitative estimate of drug-likeness (QED) is 0.604. The molecular weight excluding hydrogens is 262 g/mol. The summed E-state index contributed by atoms with van der Waals surface area (Å²) in [6, 6.07) is 1.93. The SMILES string of the molecule is Cc1cc(F)c(OCCCN(C)C)c(C(F)(F)F)c1. The molecule has 0 saturated heterocycles. The lowest BCUT2D eigenvalue weighted by molar-refractivity contribution is -0.139. The Morgan fingerprint density at radius 3 is 2.37 bits per heavy atom. The first-order valence-electron chi connectivity index (χ1n) is 5.86. The standard InChI is InChI=1S/C13H17F4NO/c1-9-7-10(13(15,16)17)12(11(14)8-9)19-6-4-5-18(2)3/h7-8H,4-6H2,1-3H3. The normalized spacial score (nSPS) is 12.0. The smallest absolute Gasteiger partial charge is 0.420 e. The van der Waals surface area contributed by atoms with Gasteiger partial charge in [-0.3, -0.25) is 0 Å². The molecule has 0 aromatic heterocycles. The number of hydrogen-bond donors (Lipinski definition) is 0. The van der Waals surface area contributed by atoms with Gasteiger partial charge in [0.2, 0.25) is 0 Å². The van der Waals surface area contributed by atoms with E-state index >= 15 is 0 Å². The third-order valence-electron chi connectivity index (χ3n) is 2.49. The molecule has 1 aromatic rings. The van der Waals surface area contributed by atoms with Gasteiger partial charge in [0.05, 0.1) is 6.61 Å². The molecule has 0 radical (unpaired) electrons. The average molecular weight is 279 g/mol. The molecule has 1 aromatic carbocycles. The Bertz CT molecular complexity index is 429. The maximum atomic E-state index is 13.6. The first-order chi connectivity index (χ1) is 8.71. The van der Waals surface area contributed by atoms with E-state index in [1.807, 2.05) is 19.0 Å². The lowest BCUT2D eigenvalue weighted by Crippen LogP contribution is -2.17. The number of halogens is 4. The summed E-state index contributed by atoms with van der Waals surface area (Å²) in [6.07, 6.45) is -4.10. The van der Waals surface area contributed by atoms with E-state index in [0.717, 1.165) is 12.1 Å². The molecule has 6 heteroatoms. The first kappa shape index (κ1) is 15.8. The highest BCUT2D eigenvalue weighted by Gasteiger charge is 2.36. The van der Waals surface area contributed by atoms with E-state index in [4.69, 9.17) is 4.74 Å². The van der Waals surface area contributed by atoms with Crippen molar-refractivity contribution in [3.8, 4) is 5.75 Å². The number of aryl methyl sites for hydroxylation is 1. The molecule has 0 heterocycles. The van der Waals surface area contributed by atoms with Gasteiger partial charge in [0.1, 0.15) is 5.56 Å². The van der Waals surface area contributed by atoms with Crippen molar-refractivity contribution in [3.63, 3.8) is 0 Å². The summed E-state index contributed by atoms with van der Waals surface area (Å²) in [5, 5.41) is 0. The fourth-order valence-corrected chi connectivity index (χ4v) is 1.64. The van der Waals surface area contributed by atoms with Crippen LogP contribution in [-0.4, -0.2) is 32.1 Å². The molecule has 0 aliphatic rings. The van der Waals surface area contributed by atoms with Crippen LogP contribution in [0.2, 0.25) is 0 Å². The molecule has 0 aliphatic heterocycles. The lowest BCUT2D eigenvalue weighted by Gasteiger charge is -2.16. The van der Waals surface area contributed by atoms with Gasteiger partial charge in [0, 0.05) is 6.54 Å². The number of nitrogens with zero attached hydrogens (tertiary/aromatic N) is 1. The topological polar surface area (TPSA) is 12.5 Å². The number of alkyl halides is 3. The maximum absolute atomic E-state index is 13.6. The molecule has 0 spiro atoms. The molecule has 1 rings (SSSR count). The third-order valence-corrected chi connectivity index (χ3v) is 2.49. The Balaban J connectivity index is 2.87. The molecule has 0 N–H and O–H groups in total. The Hall–Kier alpha value is -1.30. The summed E-state index contributed by atoms with van der Waals surface area (Å²) in [4.78, 5) is 1.87. The van der Waals surface area contributed by atoms with Crippen LogP contribution in [0, 0.1) is 12.7 Å². The zero-order chi connectivity index (χ0) is 14.6. The monoisotopic (exact) mass is 279 g/mol. The minimum absolute atomic E-state index is 0.0429. The van der Waals surface area contributed by atoms with Gasteiger partial charge in [0.15, 0.2) is 11.6 Å². The molecule has 0 amide bonds. The summed E-state index contributed by atoms with van der Waals surface area (Å²) in [5.74, 6) is -1.69. The predicted octanol–water partition coefficient (Wildman–Crippen LogP) is 3.48. The van der Waals surface area contributed by atoms with Gasteiger partial charge in [-0.15, -0.1) is 0 Å². The Kier molecular flexibility index (Phi) is 5.17. The summed E-state index contributed by atoms with van der Waals surface area (Å²) in [5.41, 5.74) is -0.847. The van der Waals surface area contributed by atoms with Crippen molar-refractivity contribution in [1.82, 2.24) is 4.90 Å². The summed E-state index contributed by atoms with van der Waals surface area (Å²) in [7, 11) is 3.68. The third kappa shape index (κ3) is 4.70. The Morgan fingerprint density at radius 1 is 1.21 bits per heavy atom. The maximum Gasteiger partial charge on any atom is 0.420 e. The van der Waals surface area contributed by atoms with Crippen molar-refractivity contribution in [1.29, 1.82) is 0 Å². The number of benzene rings is 1. The molecule has 0 fully saturated rings. The molecule has 0 bridgehead atoms. The van der Waals surface area contributed by atoms with E-state index in [0.29, 0.717) is 13.0 Å². The molecule has 0 saturated carbocycles. The van der Waals surface area contributed by atoms with Crippen molar-refractivity contribution in [2.24, 2.45) is 0 Å². The van der Waals surface area contributed by atoms with Crippen LogP contribution in [0.15, 0.2) is 12.1 Å². The van der Waals surface area contributed by atoms with Gasteiger partial charge in [-0.2, -0.15) is 13.2 Å². The van der Waals surface area contributed by atoms with Gasteiger partial charge < -0.3 is 9.64 Å². The second kappa shape index (κ2) is 6.23. The zero-order valence-electron chi connectivity index (χ0n) is 11.1. The van der Waals surface area contributed by atoms with Crippen molar-refractivity contribution >= 4 is 0 Å². The van der Waals surface area contributed by atoms with Crippen molar-refractivity contribution in [3.05, 3.63) is 29.1 Å². The van der Waals surface area contributed by atoms with Crippen molar-refractivity contribution in [2.75, 3.05) is 27.2 Å². The molecule has 19 heavy (non-hydrogen) atoms. The van der Waals surface area contributed by atoms with Crippen LogP contribution >= 0.6 is 0 Å². The fourth-order valence-electron chi connectivity index (χ4n) is 1.64. The summed E-state index contributed by atoms with van der Waals surface area (Å²) >= 11 is 0. The molecule has 0 unspecified atom stereocenters. The first-order valence-corrected chi connectivity index (χ1v) is 5.86. The van der Waals surface area contributed by atoms with E-state index in [1.165, 1.54) is 6.92 Å². The Labute approximate surface area is 110 Å². The zero-order valence-corrected chi connectivity index (χ0v) is 11.1. The molecule has 0 atom stereocenters. The Morgan fingerprint density at radius 2 is 1.84 bits per heavy atom. The lowest BCUT2D eigenvalue weighted by atomic mass is 10.1. The van der Waals surface area contributed by atoms with Gasteiger partial charge in [-0.05, 0) is 45.1 Å². The second-order valence-electron chi connectivity index (χ2n) is 4.63. The van der Waals surface area contributed by atoms with E-state index < -0.39 is 23.3 Å². The molecule has 2 nitrogen and oxygen atoms in total. The van der Waals surface area contributed by atoms with Crippen LogP contribution in [0.1, 0.15) is 17.5 Å². The second-order valence-corrected chi connectivity index (χ2v) is 4.63. The largest absolute Gasteiger partial charge is 0.490 e. The van der Waals surface area contributed by atoms with Crippen LogP contribution in [0.25, 0.3) is 0 Å². The van der Waals surface area contributed by atoms with E-state index in [2.05, 4.69) is 0 Å². The van der Waals surface area contributed by atoms with Gasteiger partial charge in [-0.25, -0.2) is 4.39 Å². The van der Waals surface area contributed by atoms with Crippen LogP contribution in [-0.2, 0) is 6.18 Å². The van der Waals surface area contributed by atoms with Gasteiger partial charge in [0.25, 0.3) is 0 Å². The number of rotatable bonds is 5. The predicted molar refractivity (Wildman–Crippen MR) is 64.8 cm³/mol. The van der Waals surface area contributed by atoms with Crippen LogP contribution < -0.4 is 4.74 Å². The van der Waals surface area contributed by atoms with Crippen LogP contribution in [0.3, 0.4) is 0 Å². The summed E-state index contributed by atoms with van der Waals surface area (Å²) in [6.45, 7) is 2.12.